The first kappa shape index (κ1) is 11.4. The molecule has 1 aromatic rings. The van der Waals surface area contributed by atoms with E-state index < -0.39 is 0 Å². The molecule has 1 aromatic carbocycles. The number of ether oxygens (including phenoxy) is 2. The molecule has 2 N–H and O–H groups in total. The van der Waals surface area contributed by atoms with Crippen LogP contribution in [-0.2, 0) is 11.2 Å². The predicted molar refractivity (Wildman–Crippen MR) is 69.6 cm³/mol. The van der Waals surface area contributed by atoms with Gasteiger partial charge in [0.25, 0.3) is 0 Å². The smallest absolute Gasteiger partial charge is 0.122 e. The van der Waals surface area contributed by atoms with Gasteiger partial charge in [-0.25, -0.2) is 0 Å². The van der Waals surface area contributed by atoms with Gasteiger partial charge < -0.3 is 15.2 Å². The van der Waals surface area contributed by atoms with Gasteiger partial charge in [0.15, 0.2) is 0 Å². The van der Waals surface area contributed by atoms with Crippen LogP contribution in [0, 0.1) is 0 Å². The maximum Gasteiger partial charge on any atom is 0.122 e. The van der Waals surface area contributed by atoms with Gasteiger partial charge in [0.1, 0.15) is 5.75 Å². The van der Waals surface area contributed by atoms with Gasteiger partial charge in [-0.05, 0) is 17.2 Å². The molecule has 0 aliphatic carbocycles. The summed E-state index contributed by atoms with van der Waals surface area (Å²) in [6.07, 6.45) is 1.14. The molecule has 4 heteroatoms. The number of thioether (sulfide) groups is 1. The van der Waals surface area contributed by atoms with Gasteiger partial charge in [-0.3, -0.25) is 0 Å². The third-order valence-electron chi connectivity index (χ3n) is 3.34. The second-order valence-electron chi connectivity index (χ2n) is 4.48. The van der Waals surface area contributed by atoms with E-state index >= 15 is 0 Å². The summed E-state index contributed by atoms with van der Waals surface area (Å²) in [5, 5.41) is 0. The van der Waals surface area contributed by atoms with Gasteiger partial charge >= 0.3 is 0 Å². The Morgan fingerprint density at radius 1 is 1.35 bits per heavy atom. The lowest BCUT2D eigenvalue weighted by atomic mass is 10.00. The topological polar surface area (TPSA) is 44.5 Å². The zero-order valence-electron chi connectivity index (χ0n) is 9.72. The van der Waals surface area contributed by atoms with Crippen LogP contribution in [0.15, 0.2) is 18.2 Å². The molecule has 0 spiro atoms. The zero-order chi connectivity index (χ0) is 11.7. The fourth-order valence-corrected chi connectivity index (χ4v) is 3.26. The summed E-state index contributed by atoms with van der Waals surface area (Å²) in [6.45, 7) is 1.61. The van der Waals surface area contributed by atoms with E-state index in [1.165, 1.54) is 11.1 Å². The van der Waals surface area contributed by atoms with Crippen molar-refractivity contribution in [1.29, 1.82) is 0 Å². The SMILES string of the molecule is NC(c1ccc2c(c1)CCO2)C1CSCCO1. The van der Waals surface area contributed by atoms with E-state index in [1.54, 1.807) is 0 Å². The van der Waals surface area contributed by atoms with E-state index in [9.17, 15) is 0 Å². The van der Waals surface area contributed by atoms with Crippen molar-refractivity contribution in [2.45, 2.75) is 18.6 Å². The summed E-state index contributed by atoms with van der Waals surface area (Å²) in [4.78, 5) is 0. The number of fused-ring (bicyclic) bond motifs is 1. The van der Waals surface area contributed by atoms with Crippen LogP contribution >= 0.6 is 11.8 Å². The van der Waals surface area contributed by atoms with Crippen LogP contribution in [-0.4, -0.2) is 30.8 Å². The molecule has 2 aliphatic rings. The van der Waals surface area contributed by atoms with Gasteiger partial charge in [0.2, 0.25) is 0 Å². The molecule has 0 bridgehead atoms. The minimum atomic E-state index is -0.0197. The lowest BCUT2D eigenvalue weighted by Gasteiger charge is -2.28. The highest BCUT2D eigenvalue weighted by Crippen LogP contribution is 2.30. The summed E-state index contributed by atoms with van der Waals surface area (Å²) in [5.74, 6) is 3.09. The summed E-state index contributed by atoms with van der Waals surface area (Å²) in [6, 6.07) is 6.26. The van der Waals surface area contributed by atoms with Crippen LogP contribution in [0.25, 0.3) is 0 Å². The molecule has 2 aliphatic heterocycles. The van der Waals surface area contributed by atoms with Crippen molar-refractivity contribution in [3.05, 3.63) is 29.3 Å². The Labute approximate surface area is 106 Å². The van der Waals surface area contributed by atoms with Crippen molar-refractivity contribution in [2.75, 3.05) is 24.7 Å². The summed E-state index contributed by atoms with van der Waals surface area (Å²) in [5.41, 5.74) is 8.73. The lowest BCUT2D eigenvalue weighted by Crippen LogP contribution is -2.34. The van der Waals surface area contributed by atoms with E-state index in [1.807, 2.05) is 17.8 Å². The minimum absolute atomic E-state index is 0.0197. The number of rotatable bonds is 2. The van der Waals surface area contributed by atoms with Crippen LogP contribution in [0.4, 0.5) is 0 Å². The second kappa shape index (κ2) is 4.88. The molecular weight excluding hydrogens is 234 g/mol. The van der Waals surface area contributed by atoms with E-state index in [2.05, 4.69) is 12.1 Å². The maximum absolute atomic E-state index is 6.28. The molecular formula is C13H17NO2S. The standard InChI is InChI=1S/C13H17NO2S/c14-13(12-8-17-6-5-16-12)10-1-2-11-9(7-10)3-4-15-11/h1-2,7,12-13H,3-6,8,14H2. The van der Waals surface area contributed by atoms with Crippen molar-refractivity contribution < 1.29 is 9.47 Å². The molecule has 0 saturated carbocycles. The first-order valence-electron chi connectivity index (χ1n) is 6.05. The molecule has 3 nitrogen and oxygen atoms in total. The fraction of sp³-hybridized carbons (Fsp3) is 0.538. The third-order valence-corrected chi connectivity index (χ3v) is 4.36. The first-order valence-corrected chi connectivity index (χ1v) is 7.20. The maximum atomic E-state index is 6.28. The molecule has 2 atom stereocenters. The molecule has 1 fully saturated rings. The highest BCUT2D eigenvalue weighted by Gasteiger charge is 2.24. The first-order chi connectivity index (χ1) is 8.34. The van der Waals surface area contributed by atoms with E-state index in [0.717, 1.165) is 36.9 Å². The number of nitrogens with two attached hydrogens (primary N) is 1. The molecule has 1 saturated heterocycles. The van der Waals surface area contributed by atoms with Gasteiger partial charge in [0.05, 0.1) is 25.4 Å². The highest BCUT2D eigenvalue weighted by atomic mass is 32.2. The Morgan fingerprint density at radius 2 is 2.29 bits per heavy atom. The molecule has 3 rings (SSSR count). The van der Waals surface area contributed by atoms with Crippen molar-refractivity contribution in [3.63, 3.8) is 0 Å². The van der Waals surface area contributed by atoms with Crippen LogP contribution in [0.1, 0.15) is 17.2 Å². The molecule has 17 heavy (non-hydrogen) atoms. The van der Waals surface area contributed by atoms with Gasteiger partial charge in [-0.1, -0.05) is 12.1 Å². The van der Waals surface area contributed by atoms with Crippen molar-refractivity contribution in [1.82, 2.24) is 0 Å². The second-order valence-corrected chi connectivity index (χ2v) is 5.63. The van der Waals surface area contributed by atoms with Crippen LogP contribution in [0.2, 0.25) is 0 Å². The van der Waals surface area contributed by atoms with Crippen LogP contribution < -0.4 is 10.5 Å². The fourth-order valence-electron chi connectivity index (χ4n) is 2.34. The Hall–Kier alpha value is -0.710. The number of hydrogen-bond acceptors (Lipinski definition) is 4. The quantitative estimate of drug-likeness (QED) is 0.870. The summed E-state index contributed by atoms with van der Waals surface area (Å²) in [7, 11) is 0. The van der Waals surface area contributed by atoms with Crippen molar-refractivity contribution in [3.8, 4) is 5.75 Å². The molecule has 0 amide bonds. The summed E-state index contributed by atoms with van der Waals surface area (Å²) < 4.78 is 11.2. The monoisotopic (exact) mass is 251 g/mol. The van der Waals surface area contributed by atoms with Gasteiger partial charge in [0, 0.05) is 17.9 Å². The minimum Gasteiger partial charge on any atom is -0.493 e. The third kappa shape index (κ3) is 2.30. The van der Waals surface area contributed by atoms with Gasteiger partial charge in [-0.15, -0.1) is 0 Å². The number of hydrogen-bond donors (Lipinski definition) is 1. The molecule has 0 radical (unpaired) electrons. The Morgan fingerprint density at radius 3 is 3.12 bits per heavy atom. The van der Waals surface area contributed by atoms with E-state index in [4.69, 9.17) is 15.2 Å². The molecule has 2 unspecified atom stereocenters. The summed E-state index contributed by atoms with van der Waals surface area (Å²) >= 11 is 1.92. The average Bonchev–Trinajstić information content (AvgIpc) is 2.86. The molecule has 0 aromatic heterocycles. The average molecular weight is 251 g/mol. The largest absolute Gasteiger partial charge is 0.493 e. The predicted octanol–water partition coefficient (Wildman–Crippen LogP) is 1.75. The molecule has 2 heterocycles. The van der Waals surface area contributed by atoms with Crippen molar-refractivity contribution >= 4 is 11.8 Å². The molecule has 92 valence electrons. The van der Waals surface area contributed by atoms with Gasteiger partial charge in [-0.2, -0.15) is 11.8 Å². The van der Waals surface area contributed by atoms with Crippen LogP contribution in [0.3, 0.4) is 0 Å². The van der Waals surface area contributed by atoms with E-state index in [0.29, 0.717) is 0 Å². The Bertz CT molecular complexity index is 404. The zero-order valence-corrected chi connectivity index (χ0v) is 10.5. The lowest BCUT2D eigenvalue weighted by molar-refractivity contribution is 0.0569. The Balaban J connectivity index is 1.78. The van der Waals surface area contributed by atoms with E-state index in [-0.39, 0.29) is 12.1 Å². The Kier molecular flexibility index (Phi) is 3.27. The number of benzene rings is 1. The normalized spacial score (nSPS) is 25.1. The highest BCUT2D eigenvalue weighted by molar-refractivity contribution is 7.99. The van der Waals surface area contributed by atoms with Crippen LogP contribution in [0.5, 0.6) is 5.75 Å². The van der Waals surface area contributed by atoms with Crippen molar-refractivity contribution in [2.24, 2.45) is 5.73 Å².